The van der Waals surface area contributed by atoms with E-state index in [0.717, 1.165) is 33.8 Å². The van der Waals surface area contributed by atoms with Crippen molar-refractivity contribution in [2.45, 2.75) is 31.6 Å². The third-order valence-electron chi connectivity index (χ3n) is 4.91. The standard InChI is InChI=1S/C23H26N2O4S.O2S/c1-14-3-5-17(6-4-14)29-18-9-16-10-20(23-24-12-19(30-23)7-8-26)25-22(16)21(11-18)28-15(2)13-27;1-3-2/h3-6,9-11,15,19,25-27H,7-8,12-13H2,1-2H3;. The Morgan fingerprint density at radius 3 is 2.58 bits per heavy atom. The van der Waals surface area contributed by atoms with Gasteiger partial charge in [0.2, 0.25) is 0 Å². The van der Waals surface area contributed by atoms with Crippen LogP contribution < -0.4 is 9.47 Å². The maximum absolute atomic E-state index is 9.45. The van der Waals surface area contributed by atoms with E-state index in [4.69, 9.17) is 17.9 Å². The van der Waals surface area contributed by atoms with Crippen LogP contribution in [0.2, 0.25) is 0 Å². The van der Waals surface area contributed by atoms with Crippen molar-refractivity contribution in [2.75, 3.05) is 19.8 Å². The number of thioether (sulfide) groups is 1. The number of fused-ring (bicyclic) bond motifs is 1. The SMILES string of the molecule is Cc1ccc(Oc2cc(OC(C)CO)c3[nH]c(C4=NCC(CCO)S4)cc3c2)cc1.O=S=O. The summed E-state index contributed by atoms with van der Waals surface area (Å²) >= 11 is 0.933. The Kier molecular flexibility index (Phi) is 9.07. The lowest BCUT2D eigenvalue weighted by Gasteiger charge is -2.14. The number of aliphatic hydroxyl groups is 2. The number of nitrogens with zero attached hydrogens (tertiary/aromatic N) is 1. The third kappa shape index (κ3) is 6.67. The number of aromatic amines is 1. The number of aromatic nitrogens is 1. The minimum absolute atomic E-state index is 0.0799. The largest absolute Gasteiger partial charge is 0.486 e. The predicted octanol–water partition coefficient (Wildman–Crippen LogP) is 3.60. The lowest BCUT2D eigenvalue weighted by molar-refractivity contribution is 0.131. The summed E-state index contributed by atoms with van der Waals surface area (Å²) in [6.07, 6.45) is 0.385. The Bertz CT molecular complexity index is 1140. The highest BCUT2D eigenvalue weighted by Gasteiger charge is 2.22. The molecular weight excluding hydrogens is 464 g/mol. The highest BCUT2D eigenvalue weighted by atomic mass is 32.2. The van der Waals surface area contributed by atoms with E-state index in [1.54, 1.807) is 11.8 Å². The molecule has 0 saturated heterocycles. The second kappa shape index (κ2) is 12.0. The first-order valence-corrected chi connectivity index (χ1v) is 11.9. The number of H-pyrrole nitrogens is 1. The second-order valence-corrected chi connectivity index (χ2v) is 8.99. The molecular formula is C23H26N2O6S2. The van der Waals surface area contributed by atoms with Crippen LogP contribution in [0.1, 0.15) is 24.6 Å². The molecule has 176 valence electrons. The van der Waals surface area contributed by atoms with Gasteiger partial charge >= 0.3 is 11.6 Å². The molecule has 0 spiro atoms. The van der Waals surface area contributed by atoms with Crippen LogP contribution in [0.4, 0.5) is 0 Å². The van der Waals surface area contributed by atoms with Crippen LogP contribution in [0.5, 0.6) is 17.2 Å². The Morgan fingerprint density at radius 1 is 1.18 bits per heavy atom. The van der Waals surface area contributed by atoms with Crippen LogP contribution in [0.3, 0.4) is 0 Å². The molecule has 0 fully saturated rings. The van der Waals surface area contributed by atoms with Gasteiger partial charge in [0.15, 0.2) is 0 Å². The number of nitrogens with one attached hydrogen (secondary N) is 1. The Labute approximate surface area is 199 Å². The van der Waals surface area contributed by atoms with Gasteiger partial charge in [0.25, 0.3) is 0 Å². The zero-order valence-corrected chi connectivity index (χ0v) is 19.9. The summed E-state index contributed by atoms with van der Waals surface area (Å²) in [6, 6.07) is 13.7. The maximum Gasteiger partial charge on any atom is 0.335 e. The minimum atomic E-state index is -0.750. The van der Waals surface area contributed by atoms with Gasteiger partial charge in [0, 0.05) is 23.3 Å². The van der Waals surface area contributed by atoms with Crippen molar-refractivity contribution in [3.05, 3.63) is 53.7 Å². The number of aliphatic imine (C=N–C) groups is 1. The fourth-order valence-corrected chi connectivity index (χ4v) is 4.38. The summed E-state index contributed by atoms with van der Waals surface area (Å²) in [7, 11) is 0. The van der Waals surface area contributed by atoms with E-state index in [-0.39, 0.29) is 19.3 Å². The molecule has 0 saturated carbocycles. The fourth-order valence-electron chi connectivity index (χ4n) is 3.31. The molecule has 0 amide bonds. The van der Waals surface area contributed by atoms with Gasteiger partial charge in [0.1, 0.15) is 28.4 Å². The number of hydrogen-bond acceptors (Lipinski definition) is 8. The molecule has 2 heterocycles. The van der Waals surface area contributed by atoms with Gasteiger partial charge in [-0.3, -0.25) is 4.99 Å². The minimum Gasteiger partial charge on any atom is -0.486 e. The molecule has 0 bridgehead atoms. The summed E-state index contributed by atoms with van der Waals surface area (Å²) in [4.78, 5) is 8.05. The molecule has 1 aliphatic rings. The van der Waals surface area contributed by atoms with Crippen LogP contribution in [0, 0.1) is 6.92 Å². The van der Waals surface area contributed by atoms with E-state index in [1.807, 2.05) is 56.3 Å². The van der Waals surface area contributed by atoms with Crippen molar-refractivity contribution in [1.82, 2.24) is 4.98 Å². The Balaban J connectivity index is 0.000000968. The van der Waals surface area contributed by atoms with Gasteiger partial charge in [-0.1, -0.05) is 29.5 Å². The van der Waals surface area contributed by atoms with E-state index in [9.17, 15) is 10.2 Å². The molecule has 8 nitrogen and oxygen atoms in total. The van der Waals surface area contributed by atoms with Crippen LogP contribution in [-0.4, -0.2) is 59.8 Å². The normalized spacial score (nSPS) is 16.0. The first-order chi connectivity index (χ1) is 16.0. The van der Waals surface area contributed by atoms with Crippen LogP contribution >= 0.6 is 11.8 Å². The molecule has 33 heavy (non-hydrogen) atoms. The van der Waals surface area contributed by atoms with Crippen LogP contribution in [-0.2, 0) is 11.6 Å². The zero-order valence-electron chi connectivity index (χ0n) is 18.3. The van der Waals surface area contributed by atoms with Crippen molar-refractivity contribution in [3.8, 4) is 17.2 Å². The molecule has 2 aromatic carbocycles. The molecule has 1 aromatic heterocycles. The van der Waals surface area contributed by atoms with Gasteiger partial charge in [-0.05, 0) is 44.5 Å². The summed E-state index contributed by atoms with van der Waals surface area (Å²) in [6.45, 7) is 4.66. The van der Waals surface area contributed by atoms with Crippen molar-refractivity contribution >= 4 is 39.3 Å². The lowest BCUT2D eigenvalue weighted by Crippen LogP contribution is -2.16. The Hall–Kier alpha value is -2.66. The van der Waals surface area contributed by atoms with Gasteiger partial charge in [-0.2, -0.15) is 8.42 Å². The average molecular weight is 491 g/mol. The first kappa shape index (κ1) is 25.0. The van der Waals surface area contributed by atoms with Gasteiger partial charge in [-0.25, -0.2) is 0 Å². The van der Waals surface area contributed by atoms with E-state index in [2.05, 4.69) is 9.98 Å². The first-order valence-electron chi connectivity index (χ1n) is 10.4. The fraction of sp³-hybridized carbons (Fsp3) is 0.348. The quantitative estimate of drug-likeness (QED) is 0.441. The van der Waals surface area contributed by atoms with Crippen molar-refractivity contribution < 1.29 is 28.1 Å². The summed E-state index contributed by atoms with van der Waals surface area (Å²) in [5, 5.41) is 20.8. The predicted molar refractivity (Wildman–Crippen MR) is 130 cm³/mol. The monoisotopic (exact) mass is 490 g/mol. The summed E-state index contributed by atoms with van der Waals surface area (Å²) < 4.78 is 28.6. The van der Waals surface area contributed by atoms with Gasteiger partial charge < -0.3 is 24.7 Å². The molecule has 1 aliphatic heterocycles. The third-order valence-corrected chi connectivity index (χ3v) is 6.20. The number of ether oxygens (including phenoxy) is 2. The number of benzene rings is 2. The number of aryl methyl sites for hydroxylation is 1. The van der Waals surface area contributed by atoms with Crippen LogP contribution in [0.15, 0.2) is 47.5 Å². The highest BCUT2D eigenvalue weighted by Crippen LogP contribution is 2.36. The molecule has 4 rings (SSSR count). The molecule has 3 aromatic rings. The van der Waals surface area contributed by atoms with E-state index >= 15 is 0 Å². The molecule has 0 radical (unpaired) electrons. The van der Waals surface area contributed by atoms with Gasteiger partial charge in [0.05, 0.1) is 24.4 Å². The van der Waals surface area contributed by atoms with Gasteiger partial charge in [-0.15, -0.1) is 0 Å². The van der Waals surface area contributed by atoms with Crippen molar-refractivity contribution in [2.24, 2.45) is 4.99 Å². The van der Waals surface area contributed by atoms with E-state index in [0.29, 0.717) is 23.3 Å². The number of aliphatic hydroxyl groups excluding tert-OH is 2. The van der Waals surface area contributed by atoms with Crippen LogP contribution in [0.25, 0.3) is 10.9 Å². The second-order valence-electron chi connectivity index (χ2n) is 7.56. The molecule has 2 atom stereocenters. The average Bonchev–Trinajstić information content (AvgIpc) is 3.43. The van der Waals surface area contributed by atoms with Crippen molar-refractivity contribution in [3.63, 3.8) is 0 Å². The molecule has 2 unspecified atom stereocenters. The Morgan fingerprint density at radius 2 is 1.91 bits per heavy atom. The number of rotatable bonds is 8. The highest BCUT2D eigenvalue weighted by molar-refractivity contribution is 8.15. The molecule has 0 aliphatic carbocycles. The summed E-state index contributed by atoms with van der Waals surface area (Å²) in [5.74, 6) is 2.04. The molecule has 3 N–H and O–H groups in total. The zero-order chi connectivity index (χ0) is 23.8. The summed E-state index contributed by atoms with van der Waals surface area (Å²) in [5.41, 5.74) is 2.93. The smallest absolute Gasteiger partial charge is 0.335 e. The number of hydrogen-bond donors (Lipinski definition) is 3. The van der Waals surface area contributed by atoms with E-state index in [1.165, 1.54) is 5.56 Å². The molecule has 10 heteroatoms. The van der Waals surface area contributed by atoms with Crippen molar-refractivity contribution in [1.29, 1.82) is 0 Å². The lowest BCUT2D eigenvalue weighted by atomic mass is 10.2. The maximum atomic E-state index is 9.45. The topological polar surface area (TPSA) is 121 Å². The van der Waals surface area contributed by atoms with E-state index < -0.39 is 11.6 Å².